The molecule has 0 aromatic rings. The van der Waals surface area contributed by atoms with Gasteiger partial charge in [-0.05, 0) is 69.1 Å². The quantitative estimate of drug-likeness (QED) is 0.0169. The molecule has 19 heteroatoms. The Morgan fingerprint density at radius 1 is 0.330 bits per heavy atom. The lowest BCUT2D eigenvalue weighted by atomic mass is 10.0. The summed E-state index contributed by atoms with van der Waals surface area (Å²) in [7, 11) is -9.92. The summed E-state index contributed by atoms with van der Waals surface area (Å²) in [6.45, 7) is 11.7. The number of aliphatic hydroxyl groups excluding tert-OH is 1. The lowest BCUT2D eigenvalue weighted by Gasteiger charge is -2.21. The highest BCUT2D eigenvalue weighted by Crippen LogP contribution is 2.45. The van der Waals surface area contributed by atoms with E-state index in [9.17, 15) is 43.2 Å². The van der Waals surface area contributed by atoms with Crippen LogP contribution in [0.1, 0.15) is 357 Å². The number of aliphatic hydroxyl groups is 1. The standard InChI is InChI=1S/C75H142O17P2/c1-8-9-10-11-12-13-14-15-17-22-25-30-35-44-51-58-74(79)92-71(63-86-73(78)57-50-43-38-37-41-48-55-68(6)7)65-90-94(83,84)88-61-69(76)60-87-93(81,82)89-64-70(91-75(80)59-52-45-36-31-26-28-33-40-47-54-67(4)5)62-85-72(77)56-49-42-34-29-24-21-19-16-18-20-23-27-32-39-46-53-66(2)3/h13-15,17,66-71,76H,8-12,16,18-65H2,1-7H3,(H,81,82)(H,83,84)/b14-13-,17-15-/t69-,70-,71-/m1/s1. The minimum atomic E-state index is -4.96. The second-order valence-corrected chi connectivity index (χ2v) is 30.7. The minimum Gasteiger partial charge on any atom is -0.462 e. The molecule has 0 aliphatic rings. The van der Waals surface area contributed by atoms with Crippen molar-refractivity contribution >= 4 is 39.5 Å². The molecule has 5 atom stereocenters. The maximum atomic E-state index is 13.1. The summed E-state index contributed by atoms with van der Waals surface area (Å²) in [5.41, 5.74) is 0. The second kappa shape index (κ2) is 65.2. The third-order valence-electron chi connectivity index (χ3n) is 16.8. The van der Waals surface area contributed by atoms with Crippen LogP contribution >= 0.6 is 15.6 Å². The Bertz CT molecular complexity index is 1930. The monoisotopic (exact) mass is 1380 g/mol. The number of phosphoric acid groups is 2. The van der Waals surface area contributed by atoms with Crippen LogP contribution in [0.3, 0.4) is 0 Å². The van der Waals surface area contributed by atoms with E-state index in [1.807, 2.05) is 0 Å². The number of ether oxygens (including phenoxy) is 4. The zero-order chi connectivity index (χ0) is 69.4. The largest absolute Gasteiger partial charge is 0.472 e. The molecule has 3 N–H and O–H groups in total. The highest BCUT2D eigenvalue weighted by molar-refractivity contribution is 7.47. The van der Waals surface area contributed by atoms with Crippen molar-refractivity contribution < 1.29 is 80.2 Å². The molecule has 0 heterocycles. The van der Waals surface area contributed by atoms with Gasteiger partial charge in [0, 0.05) is 25.7 Å². The number of carbonyl (C=O) groups is 4. The van der Waals surface area contributed by atoms with Crippen molar-refractivity contribution in [3.8, 4) is 0 Å². The SMILES string of the molecule is CCCCCC/C=C\C=C/CCCCCCCC(=O)O[C@H](COC(=O)CCCCCCCCC(C)C)COP(=O)(O)OC[C@H](O)COP(=O)(O)OC[C@@H](COC(=O)CCCCCCCCCCCCCCCCCC(C)C)OC(=O)CCCCCCCCCCCC(C)C. The average molecular weight is 1380 g/mol. The molecule has 17 nitrogen and oxygen atoms in total. The van der Waals surface area contributed by atoms with Gasteiger partial charge in [-0.1, -0.05) is 304 Å². The predicted molar refractivity (Wildman–Crippen MR) is 381 cm³/mol. The Balaban J connectivity index is 5.24. The van der Waals surface area contributed by atoms with Crippen molar-refractivity contribution in [1.29, 1.82) is 0 Å². The van der Waals surface area contributed by atoms with Crippen molar-refractivity contribution in [1.82, 2.24) is 0 Å². The Morgan fingerprint density at radius 3 is 0.862 bits per heavy atom. The van der Waals surface area contributed by atoms with E-state index in [4.69, 9.17) is 37.0 Å². The van der Waals surface area contributed by atoms with Crippen LogP contribution in [-0.2, 0) is 65.4 Å². The van der Waals surface area contributed by atoms with Gasteiger partial charge in [0.05, 0.1) is 26.4 Å². The zero-order valence-electron chi connectivity index (χ0n) is 60.9. The van der Waals surface area contributed by atoms with E-state index in [1.165, 1.54) is 148 Å². The van der Waals surface area contributed by atoms with Crippen LogP contribution in [0.4, 0.5) is 0 Å². The van der Waals surface area contributed by atoms with E-state index in [0.717, 1.165) is 121 Å². The highest BCUT2D eigenvalue weighted by atomic mass is 31.2. The van der Waals surface area contributed by atoms with Crippen molar-refractivity contribution in [2.24, 2.45) is 17.8 Å². The van der Waals surface area contributed by atoms with Crippen LogP contribution in [0.5, 0.6) is 0 Å². The number of hydrogen-bond acceptors (Lipinski definition) is 15. The maximum Gasteiger partial charge on any atom is 0.472 e. The second-order valence-electron chi connectivity index (χ2n) is 27.8. The first-order valence-corrected chi connectivity index (χ1v) is 41.2. The third kappa shape index (κ3) is 68.1. The van der Waals surface area contributed by atoms with Crippen molar-refractivity contribution in [2.75, 3.05) is 39.6 Å². The molecular weight excluding hydrogens is 1230 g/mol. The van der Waals surface area contributed by atoms with Crippen molar-refractivity contribution in [2.45, 2.75) is 375 Å². The normalized spacial score (nSPS) is 14.3. The summed E-state index contributed by atoms with van der Waals surface area (Å²) in [6, 6.07) is 0. The summed E-state index contributed by atoms with van der Waals surface area (Å²) in [4.78, 5) is 72.7. The summed E-state index contributed by atoms with van der Waals surface area (Å²) in [5, 5.41) is 10.6. The Labute approximate surface area is 573 Å². The molecule has 0 saturated heterocycles. The molecule has 0 saturated carbocycles. The topological polar surface area (TPSA) is 237 Å². The molecule has 0 radical (unpaired) electrons. The van der Waals surface area contributed by atoms with Gasteiger partial charge in [0.25, 0.3) is 0 Å². The van der Waals surface area contributed by atoms with Crippen molar-refractivity contribution in [3.05, 3.63) is 24.3 Å². The van der Waals surface area contributed by atoms with Crippen LogP contribution in [0, 0.1) is 17.8 Å². The highest BCUT2D eigenvalue weighted by Gasteiger charge is 2.30. The first-order chi connectivity index (χ1) is 45.2. The van der Waals surface area contributed by atoms with Gasteiger partial charge < -0.3 is 33.8 Å². The lowest BCUT2D eigenvalue weighted by molar-refractivity contribution is -0.161. The minimum absolute atomic E-state index is 0.0836. The fraction of sp³-hybridized carbons (Fsp3) is 0.893. The van der Waals surface area contributed by atoms with Gasteiger partial charge in [-0.3, -0.25) is 37.3 Å². The van der Waals surface area contributed by atoms with Gasteiger partial charge in [0.15, 0.2) is 12.2 Å². The van der Waals surface area contributed by atoms with E-state index in [2.05, 4.69) is 72.8 Å². The van der Waals surface area contributed by atoms with Crippen LogP contribution in [0.15, 0.2) is 24.3 Å². The number of esters is 4. The van der Waals surface area contributed by atoms with E-state index < -0.39 is 97.5 Å². The number of unbranched alkanes of at least 4 members (excludes halogenated alkanes) is 36. The maximum absolute atomic E-state index is 13.1. The molecule has 94 heavy (non-hydrogen) atoms. The molecule has 0 rings (SSSR count). The van der Waals surface area contributed by atoms with E-state index in [0.29, 0.717) is 31.6 Å². The number of hydrogen-bond donors (Lipinski definition) is 3. The lowest BCUT2D eigenvalue weighted by Crippen LogP contribution is -2.30. The van der Waals surface area contributed by atoms with E-state index in [-0.39, 0.29) is 25.7 Å². The summed E-state index contributed by atoms with van der Waals surface area (Å²) >= 11 is 0. The number of allylic oxidation sites excluding steroid dienone is 4. The first kappa shape index (κ1) is 91.5. The van der Waals surface area contributed by atoms with Crippen LogP contribution in [0.25, 0.3) is 0 Å². The molecule has 0 aromatic heterocycles. The number of carbonyl (C=O) groups excluding carboxylic acids is 4. The van der Waals surface area contributed by atoms with Crippen LogP contribution < -0.4 is 0 Å². The molecule has 0 bridgehead atoms. The third-order valence-corrected chi connectivity index (χ3v) is 18.7. The molecule has 0 aliphatic carbocycles. The first-order valence-electron chi connectivity index (χ1n) is 38.2. The number of phosphoric ester groups is 2. The average Bonchev–Trinajstić information content (AvgIpc) is 1.24. The Kier molecular flexibility index (Phi) is 63.5. The zero-order valence-corrected chi connectivity index (χ0v) is 62.7. The van der Waals surface area contributed by atoms with Gasteiger partial charge in [0.2, 0.25) is 0 Å². The van der Waals surface area contributed by atoms with E-state index in [1.54, 1.807) is 0 Å². The van der Waals surface area contributed by atoms with Gasteiger partial charge in [0.1, 0.15) is 19.3 Å². The van der Waals surface area contributed by atoms with Gasteiger partial charge >= 0.3 is 39.5 Å². The fourth-order valence-electron chi connectivity index (χ4n) is 10.9. The molecule has 0 spiro atoms. The molecule has 0 fully saturated rings. The Morgan fingerprint density at radius 2 is 0.574 bits per heavy atom. The van der Waals surface area contributed by atoms with Gasteiger partial charge in [-0.2, -0.15) is 0 Å². The summed E-state index contributed by atoms with van der Waals surface area (Å²) < 4.78 is 68.4. The summed E-state index contributed by atoms with van der Waals surface area (Å²) in [6.07, 6.45) is 53.7. The van der Waals surface area contributed by atoms with Crippen LogP contribution in [-0.4, -0.2) is 96.7 Å². The molecule has 2 unspecified atom stereocenters. The molecule has 0 amide bonds. The molecule has 0 aromatic carbocycles. The predicted octanol–water partition coefficient (Wildman–Crippen LogP) is 21.3. The summed E-state index contributed by atoms with van der Waals surface area (Å²) in [5.74, 6) is 0.0627. The fourth-order valence-corrected chi connectivity index (χ4v) is 12.5. The van der Waals surface area contributed by atoms with Gasteiger partial charge in [-0.15, -0.1) is 0 Å². The van der Waals surface area contributed by atoms with Gasteiger partial charge in [-0.25, -0.2) is 9.13 Å². The van der Waals surface area contributed by atoms with E-state index >= 15 is 0 Å². The molecular formula is C75H142O17P2. The number of rotatable bonds is 71. The molecule has 0 aliphatic heterocycles. The smallest absolute Gasteiger partial charge is 0.462 e. The van der Waals surface area contributed by atoms with Crippen molar-refractivity contribution in [3.63, 3.8) is 0 Å². The molecule has 554 valence electrons. The Hall–Kier alpha value is -2.46. The van der Waals surface area contributed by atoms with Crippen LogP contribution in [0.2, 0.25) is 0 Å².